The fraction of sp³-hybridized carbons (Fsp3) is 0.765. The zero-order valence-electron chi connectivity index (χ0n) is 13.0. The molecular formula is C17H26N2O2. The number of furan rings is 1. The average molecular weight is 290 g/mol. The van der Waals surface area contributed by atoms with Crippen molar-refractivity contribution in [3.05, 3.63) is 23.7 Å². The fourth-order valence-corrected chi connectivity index (χ4v) is 4.42. The van der Waals surface area contributed by atoms with Crippen LogP contribution < -0.4 is 0 Å². The topological polar surface area (TPSA) is 28.9 Å². The molecule has 4 heterocycles. The minimum Gasteiger partial charge on any atom is -0.465 e. The normalized spacial score (nSPS) is 33.9. The van der Waals surface area contributed by atoms with Crippen molar-refractivity contribution in [1.82, 2.24) is 9.80 Å². The highest BCUT2D eigenvalue weighted by Gasteiger charge is 2.43. The van der Waals surface area contributed by atoms with E-state index >= 15 is 0 Å². The van der Waals surface area contributed by atoms with Crippen LogP contribution in [0.3, 0.4) is 0 Å². The predicted octanol–water partition coefficient (Wildman–Crippen LogP) is 2.27. The Labute approximate surface area is 127 Å². The molecule has 3 saturated heterocycles. The lowest BCUT2D eigenvalue weighted by Gasteiger charge is -2.26. The van der Waals surface area contributed by atoms with Crippen LogP contribution in [0.4, 0.5) is 0 Å². The number of nitrogens with zero attached hydrogens (tertiary/aromatic N) is 2. The molecule has 116 valence electrons. The molecule has 3 fully saturated rings. The first-order chi connectivity index (χ1) is 10.3. The summed E-state index contributed by atoms with van der Waals surface area (Å²) in [7, 11) is 0. The Balaban J connectivity index is 1.36. The van der Waals surface area contributed by atoms with Crippen LogP contribution in [0.5, 0.6) is 0 Å². The van der Waals surface area contributed by atoms with Gasteiger partial charge in [0.1, 0.15) is 11.5 Å². The molecule has 3 aliphatic heterocycles. The molecule has 1 unspecified atom stereocenters. The van der Waals surface area contributed by atoms with Crippen molar-refractivity contribution in [3.63, 3.8) is 0 Å². The molecule has 0 aliphatic carbocycles. The lowest BCUT2D eigenvalue weighted by atomic mass is 10.1. The van der Waals surface area contributed by atoms with Crippen LogP contribution in [0.15, 0.2) is 16.5 Å². The molecule has 0 saturated carbocycles. The van der Waals surface area contributed by atoms with Crippen molar-refractivity contribution in [3.8, 4) is 0 Å². The summed E-state index contributed by atoms with van der Waals surface area (Å²) in [6, 6.07) is 5.70. The van der Waals surface area contributed by atoms with Gasteiger partial charge in [-0.1, -0.05) is 0 Å². The van der Waals surface area contributed by atoms with Crippen molar-refractivity contribution in [1.29, 1.82) is 0 Å². The second-order valence-corrected chi connectivity index (χ2v) is 6.92. The number of hydrogen-bond donors (Lipinski definition) is 0. The number of ether oxygens (including phenoxy) is 1. The highest BCUT2D eigenvalue weighted by molar-refractivity contribution is 5.07. The summed E-state index contributed by atoms with van der Waals surface area (Å²) in [4.78, 5) is 5.37. The van der Waals surface area contributed by atoms with Gasteiger partial charge in [0.2, 0.25) is 0 Å². The Morgan fingerprint density at radius 2 is 1.90 bits per heavy atom. The van der Waals surface area contributed by atoms with Crippen molar-refractivity contribution < 1.29 is 9.15 Å². The average Bonchev–Trinajstić information content (AvgIpc) is 3.20. The van der Waals surface area contributed by atoms with E-state index < -0.39 is 0 Å². The van der Waals surface area contributed by atoms with Gasteiger partial charge < -0.3 is 9.15 Å². The number of likely N-dealkylation sites (tertiary alicyclic amines) is 2. The van der Waals surface area contributed by atoms with Gasteiger partial charge >= 0.3 is 0 Å². The smallest absolute Gasteiger partial charge is 0.118 e. The zero-order chi connectivity index (χ0) is 14.2. The lowest BCUT2D eigenvalue weighted by molar-refractivity contribution is 0.158. The molecule has 3 atom stereocenters. The monoisotopic (exact) mass is 290 g/mol. The Kier molecular flexibility index (Phi) is 3.78. The van der Waals surface area contributed by atoms with Gasteiger partial charge in [0.25, 0.3) is 0 Å². The summed E-state index contributed by atoms with van der Waals surface area (Å²) in [5, 5.41) is 0. The van der Waals surface area contributed by atoms with Crippen LogP contribution in [0.2, 0.25) is 0 Å². The molecule has 4 nitrogen and oxygen atoms in total. The van der Waals surface area contributed by atoms with Gasteiger partial charge in [0.15, 0.2) is 0 Å². The summed E-state index contributed by atoms with van der Waals surface area (Å²) >= 11 is 0. The highest BCUT2D eigenvalue weighted by Crippen LogP contribution is 2.33. The number of rotatable bonds is 4. The summed E-state index contributed by atoms with van der Waals surface area (Å²) in [5.74, 6) is 2.91. The molecule has 21 heavy (non-hydrogen) atoms. The molecule has 3 aliphatic rings. The van der Waals surface area contributed by atoms with Crippen LogP contribution in [0, 0.1) is 12.8 Å². The quantitative estimate of drug-likeness (QED) is 0.850. The number of aryl methyl sites for hydroxylation is 1. The fourth-order valence-electron chi connectivity index (χ4n) is 4.42. The van der Waals surface area contributed by atoms with Gasteiger partial charge in [-0.05, 0) is 44.2 Å². The van der Waals surface area contributed by atoms with E-state index in [1.165, 1.54) is 38.9 Å². The number of fused-ring (bicyclic) bond motifs is 1. The van der Waals surface area contributed by atoms with Crippen LogP contribution in [-0.4, -0.2) is 54.7 Å². The number of hydrogen-bond acceptors (Lipinski definition) is 4. The van der Waals surface area contributed by atoms with Crippen LogP contribution in [-0.2, 0) is 11.3 Å². The SMILES string of the molecule is Cc1ccc(CN2CC[C@@H]3[C@@H]2CCN3CC2CCOC2)o1. The molecule has 1 aromatic rings. The maximum absolute atomic E-state index is 5.76. The molecule has 1 aromatic heterocycles. The van der Waals surface area contributed by atoms with Crippen LogP contribution in [0.25, 0.3) is 0 Å². The third-order valence-electron chi connectivity index (χ3n) is 5.48. The summed E-state index contributed by atoms with van der Waals surface area (Å²) in [6.07, 6.45) is 3.89. The van der Waals surface area contributed by atoms with E-state index in [4.69, 9.17) is 9.15 Å². The lowest BCUT2D eigenvalue weighted by Crippen LogP contribution is -2.38. The van der Waals surface area contributed by atoms with Gasteiger partial charge in [0, 0.05) is 38.3 Å². The maximum Gasteiger partial charge on any atom is 0.118 e. The van der Waals surface area contributed by atoms with E-state index in [1.807, 2.05) is 6.92 Å². The van der Waals surface area contributed by atoms with Crippen LogP contribution in [0.1, 0.15) is 30.8 Å². The third kappa shape index (κ3) is 2.77. The Bertz CT molecular complexity index is 481. The van der Waals surface area contributed by atoms with Crippen molar-refractivity contribution in [2.75, 3.05) is 32.8 Å². The summed E-state index contributed by atoms with van der Waals surface area (Å²) in [5.41, 5.74) is 0. The minimum absolute atomic E-state index is 0.734. The van der Waals surface area contributed by atoms with Gasteiger partial charge in [0.05, 0.1) is 13.2 Å². The molecule has 0 bridgehead atoms. The van der Waals surface area contributed by atoms with E-state index in [-0.39, 0.29) is 0 Å². The second-order valence-electron chi connectivity index (χ2n) is 6.92. The first-order valence-corrected chi connectivity index (χ1v) is 8.41. The molecule has 4 heteroatoms. The molecule has 0 amide bonds. The summed E-state index contributed by atoms with van der Waals surface area (Å²) in [6.45, 7) is 8.67. The molecule has 0 aromatic carbocycles. The van der Waals surface area contributed by atoms with E-state index in [2.05, 4.69) is 21.9 Å². The Hall–Kier alpha value is -0.840. The summed E-state index contributed by atoms with van der Waals surface area (Å²) < 4.78 is 11.3. The van der Waals surface area contributed by atoms with E-state index in [1.54, 1.807) is 0 Å². The van der Waals surface area contributed by atoms with E-state index in [0.717, 1.165) is 49.3 Å². The first kappa shape index (κ1) is 13.8. The van der Waals surface area contributed by atoms with Crippen LogP contribution >= 0.6 is 0 Å². The first-order valence-electron chi connectivity index (χ1n) is 8.41. The standard InChI is InChI=1S/C17H26N2O2/c1-13-2-3-15(21-13)11-19-8-5-16-17(19)4-7-18(16)10-14-6-9-20-12-14/h2-3,14,16-17H,4-12H2,1H3/t14?,16-,17+/m1/s1. The van der Waals surface area contributed by atoms with Crippen molar-refractivity contribution in [2.24, 2.45) is 5.92 Å². The van der Waals surface area contributed by atoms with Gasteiger partial charge in [-0.25, -0.2) is 0 Å². The second kappa shape index (κ2) is 5.75. The highest BCUT2D eigenvalue weighted by atomic mass is 16.5. The van der Waals surface area contributed by atoms with Gasteiger partial charge in [-0.2, -0.15) is 0 Å². The molecule has 4 rings (SSSR count). The third-order valence-corrected chi connectivity index (χ3v) is 5.48. The maximum atomic E-state index is 5.76. The predicted molar refractivity (Wildman–Crippen MR) is 81.2 cm³/mol. The van der Waals surface area contributed by atoms with E-state index in [9.17, 15) is 0 Å². The Morgan fingerprint density at radius 3 is 2.62 bits per heavy atom. The Morgan fingerprint density at radius 1 is 1.10 bits per heavy atom. The van der Waals surface area contributed by atoms with Crippen molar-refractivity contribution >= 4 is 0 Å². The molecule has 0 radical (unpaired) electrons. The van der Waals surface area contributed by atoms with E-state index in [0.29, 0.717) is 0 Å². The molecular weight excluding hydrogens is 264 g/mol. The molecule has 0 spiro atoms. The minimum atomic E-state index is 0.734. The zero-order valence-corrected chi connectivity index (χ0v) is 13.0. The largest absolute Gasteiger partial charge is 0.465 e. The van der Waals surface area contributed by atoms with Crippen molar-refractivity contribution in [2.45, 2.75) is 44.8 Å². The van der Waals surface area contributed by atoms with Gasteiger partial charge in [-0.3, -0.25) is 9.80 Å². The van der Waals surface area contributed by atoms with Gasteiger partial charge in [-0.15, -0.1) is 0 Å². The molecule has 0 N–H and O–H groups in total.